The van der Waals surface area contributed by atoms with Crippen LogP contribution in [0.15, 0.2) is 67.5 Å². The zero-order chi connectivity index (χ0) is 23.5. The lowest BCUT2D eigenvalue weighted by molar-refractivity contribution is 0.126. The molecule has 2 aromatic heterocycles. The highest BCUT2D eigenvalue weighted by Crippen LogP contribution is 2.26. The van der Waals surface area contributed by atoms with Gasteiger partial charge >= 0.3 is 0 Å². The Balaban J connectivity index is 1.37. The molecule has 1 fully saturated rings. The highest BCUT2D eigenvalue weighted by molar-refractivity contribution is 5.86. The largest absolute Gasteiger partial charge is 0.393 e. The molecule has 0 unspecified atom stereocenters. The summed E-state index contributed by atoms with van der Waals surface area (Å²) in [6.07, 6.45) is 4.94. The van der Waals surface area contributed by atoms with E-state index < -0.39 is 0 Å². The van der Waals surface area contributed by atoms with E-state index in [1.54, 1.807) is 6.33 Å². The van der Waals surface area contributed by atoms with Crippen molar-refractivity contribution in [3.8, 4) is 11.1 Å². The quantitative estimate of drug-likeness (QED) is 0.351. The number of aliphatic hydroxyl groups is 1. The number of benzene rings is 2. The summed E-state index contributed by atoms with van der Waals surface area (Å²) >= 11 is 0. The lowest BCUT2D eigenvalue weighted by atomic mass is 9.93. The van der Waals surface area contributed by atoms with Gasteiger partial charge in [-0.15, -0.1) is 0 Å². The number of rotatable bonds is 7. The molecule has 0 spiro atoms. The number of nitrogens with one attached hydrogen (secondary N) is 2. The predicted octanol–water partition coefficient (Wildman–Crippen LogP) is 5.31. The van der Waals surface area contributed by atoms with E-state index in [0.717, 1.165) is 42.6 Å². The van der Waals surface area contributed by atoms with Crippen LogP contribution in [0.25, 0.3) is 28.0 Å². The van der Waals surface area contributed by atoms with E-state index in [0.29, 0.717) is 23.8 Å². The Morgan fingerprint density at radius 1 is 1.00 bits per heavy atom. The number of allylic oxidation sites excluding steroid dienone is 1. The molecule has 2 aromatic carbocycles. The van der Waals surface area contributed by atoms with Gasteiger partial charge in [0.25, 0.3) is 0 Å². The van der Waals surface area contributed by atoms with E-state index in [-0.39, 0.29) is 12.1 Å². The van der Waals surface area contributed by atoms with Crippen molar-refractivity contribution < 1.29 is 5.11 Å². The van der Waals surface area contributed by atoms with Crippen molar-refractivity contribution in [2.45, 2.75) is 51.3 Å². The van der Waals surface area contributed by atoms with Crippen LogP contribution < -0.4 is 10.6 Å². The van der Waals surface area contributed by atoms with Gasteiger partial charge in [0.15, 0.2) is 17.0 Å². The first kappa shape index (κ1) is 22.1. The monoisotopic (exact) mass is 454 g/mol. The van der Waals surface area contributed by atoms with Gasteiger partial charge in [0.1, 0.15) is 6.33 Å². The second kappa shape index (κ2) is 9.65. The van der Waals surface area contributed by atoms with Crippen LogP contribution in [0.2, 0.25) is 0 Å². The van der Waals surface area contributed by atoms with Gasteiger partial charge in [-0.05, 0) is 49.3 Å². The van der Waals surface area contributed by atoms with Crippen molar-refractivity contribution in [3.05, 3.63) is 73.1 Å². The van der Waals surface area contributed by atoms with Gasteiger partial charge in [0, 0.05) is 18.3 Å². The van der Waals surface area contributed by atoms with Crippen LogP contribution in [0.1, 0.15) is 38.2 Å². The van der Waals surface area contributed by atoms with Gasteiger partial charge in [-0.3, -0.25) is 4.57 Å². The van der Waals surface area contributed by atoms with Gasteiger partial charge < -0.3 is 15.7 Å². The second-order valence-electron chi connectivity index (χ2n) is 8.98. The fourth-order valence-electron chi connectivity index (χ4n) is 4.40. The van der Waals surface area contributed by atoms with Crippen LogP contribution in [-0.4, -0.2) is 36.8 Å². The Kier molecular flexibility index (Phi) is 6.27. The van der Waals surface area contributed by atoms with Gasteiger partial charge in [-0.25, -0.2) is 4.98 Å². The lowest BCUT2D eigenvalue weighted by Gasteiger charge is -2.26. The maximum absolute atomic E-state index is 9.82. The van der Waals surface area contributed by atoms with E-state index in [2.05, 4.69) is 70.7 Å². The number of hydrogen-bond acceptors (Lipinski definition) is 6. The van der Waals surface area contributed by atoms with Crippen molar-refractivity contribution in [3.63, 3.8) is 0 Å². The van der Waals surface area contributed by atoms with Crippen LogP contribution in [0.3, 0.4) is 0 Å². The average molecular weight is 455 g/mol. The molecule has 0 amide bonds. The molecule has 0 atom stereocenters. The molecule has 0 saturated heterocycles. The molecule has 7 nitrogen and oxygen atoms in total. The van der Waals surface area contributed by atoms with E-state index >= 15 is 0 Å². The Labute approximate surface area is 199 Å². The predicted molar refractivity (Wildman–Crippen MR) is 137 cm³/mol. The molecule has 34 heavy (non-hydrogen) atoms. The van der Waals surface area contributed by atoms with Gasteiger partial charge in [0.2, 0.25) is 5.95 Å². The van der Waals surface area contributed by atoms with Gasteiger partial charge in [-0.2, -0.15) is 9.97 Å². The fraction of sp³-hybridized carbons (Fsp3) is 0.296. The summed E-state index contributed by atoms with van der Waals surface area (Å²) in [5, 5.41) is 16.8. The van der Waals surface area contributed by atoms with Crippen LogP contribution in [0.4, 0.5) is 11.8 Å². The van der Waals surface area contributed by atoms with Crippen LogP contribution >= 0.6 is 0 Å². The third-order valence-corrected chi connectivity index (χ3v) is 6.36. The molecule has 0 radical (unpaired) electrons. The molecule has 0 aliphatic heterocycles. The summed E-state index contributed by atoms with van der Waals surface area (Å²) in [6.45, 7) is 6.60. The molecule has 174 valence electrons. The third-order valence-electron chi connectivity index (χ3n) is 6.36. The third kappa shape index (κ3) is 4.79. The number of aliphatic hydroxyl groups excluding tert-OH is 1. The van der Waals surface area contributed by atoms with Crippen LogP contribution in [0, 0.1) is 0 Å². The lowest BCUT2D eigenvalue weighted by Crippen LogP contribution is -2.29. The van der Waals surface area contributed by atoms with Crippen molar-refractivity contribution in [2.75, 3.05) is 10.6 Å². The van der Waals surface area contributed by atoms with Crippen molar-refractivity contribution in [1.82, 2.24) is 19.5 Å². The number of imidazole rings is 1. The normalized spacial score (nSPS) is 18.1. The van der Waals surface area contributed by atoms with Crippen LogP contribution in [0.5, 0.6) is 0 Å². The molecule has 1 aliphatic rings. The minimum atomic E-state index is -0.197. The number of hydrogen-bond donors (Lipinski definition) is 3. The number of anilines is 2. The molecule has 3 N–H and O–H groups in total. The highest BCUT2D eigenvalue weighted by Gasteiger charge is 2.21. The standard InChI is InChI=1S/C27H30N6O/c1-18(2)33-17-29-24-25(31-27(32-26(24)33)30-22-12-14-23(34)15-13-22)28-16-19-8-10-21(11-9-19)20-6-4-3-5-7-20/h3-11,17,22-23,34H,1,12-16H2,2H3,(H2,28,30,31,32). The molecular formula is C27H30N6O. The summed E-state index contributed by atoms with van der Waals surface area (Å²) in [5.74, 6) is 1.26. The zero-order valence-electron chi connectivity index (χ0n) is 19.4. The molecule has 1 saturated carbocycles. The summed E-state index contributed by atoms with van der Waals surface area (Å²) in [4.78, 5) is 14.1. The van der Waals surface area contributed by atoms with E-state index in [9.17, 15) is 5.11 Å². The Morgan fingerprint density at radius 2 is 1.71 bits per heavy atom. The first-order valence-corrected chi connectivity index (χ1v) is 11.8. The Morgan fingerprint density at radius 3 is 2.41 bits per heavy atom. The first-order valence-electron chi connectivity index (χ1n) is 11.8. The van der Waals surface area contributed by atoms with Crippen molar-refractivity contribution in [2.24, 2.45) is 0 Å². The van der Waals surface area contributed by atoms with Crippen molar-refractivity contribution in [1.29, 1.82) is 0 Å². The fourth-order valence-corrected chi connectivity index (χ4v) is 4.40. The maximum Gasteiger partial charge on any atom is 0.227 e. The summed E-state index contributed by atoms with van der Waals surface area (Å²) < 4.78 is 1.88. The molecule has 5 rings (SSSR count). The Bertz CT molecular complexity index is 1270. The maximum atomic E-state index is 9.82. The second-order valence-corrected chi connectivity index (χ2v) is 8.98. The molecule has 4 aromatic rings. The van der Waals surface area contributed by atoms with Gasteiger partial charge in [-0.1, -0.05) is 61.2 Å². The topological polar surface area (TPSA) is 87.9 Å². The van der Waals surface area contributed by atoms with Gasteiger partial charge in [0.05, 0.1) is 6.10 Å². The van der Waals surface area contributed by atoms with Crippen molar-refractivity contribution >= 4 is 28.6 Å². The molecule has 1 aliphatic carbocycles. The minimum Gasteiger partial charge on any atom is -0.393 e. The Hall–Kier alpha value is -3.71. The zero-order valence-corrected chi connectivity index (χ0v) is 19.4. The van der Waals surface area contributed by atoms with E-state index in [1.165, 1.54) is 11.1 Å². The minimum absolute atomic E-state index is 0.197. The average Bonchev–Trinajstić information content (AvgIpc) is 3.29. The summed E-state index contributed by atoms with van der Waals surface area (Å²) in [6, 6.07) is 19.2. The van der Waals surface area contributed by atoms with E-state index in [4.69, 9.17) is 9.97 Å². The molecule has 2 heterocycles. The number of aromatic nitrogens is 4. The van der Waals surface area contributed by atoms with Crippen LogP contribution in [-0.2, 0) is 6.54 Å². The SMILES string of the molecule is C=C(C)n1cnc2c(NCc3ccc(-c4ccccc4)cc3)nc(NC3CCC(O)CC3)nc21. The molecule has 0 bridgehead atoms. The number of nitrogens with zero attached hydrogens (tertiary/aromatic N) is 4. The number of fused-ring (bicyclic) bond motifs is 1. The molecular weight excluding hydrogens is 424 g/mol. The summed E-state index contributed by atoms with van der Waals surface area (Å²) in [7, 11) is 0. The van der Waals surface area contributed by atoms with E-state index in [1.807, 2.05) is 17.6 Å². The highest BCUT2D eigenvalue weighted by atomic mass is 16.3. The summed E-state index contributed by atoms with van der Waals surface area (Å²) in [5.41, 5.74) is 5.84. The molecule has 7 heteroatoms. The smallest absolute Gasteiger partial charge is 0.227 e. The first-order chi connectivity index (χ1) is 16.6.